The van der Waals surface area contributed by atoms with Crippen LogP contribution in [0.25, 0.3) is 0 Å². The molecule has 0 saturated carbocycles. The van der Waals surface area contributed by atoms with Crippen LogP contribution in [0.4, 0.5) is 0 Å². The van der Waals surface area contributed by atoms with Crippen LogP contribution in [-0.2, 0) is 4.79 Å². The summed E-state index contributed by atoms with van der Waals surface area (Å²) in [5, 5.41) is 21.3. The molecule has 2 atom stereocenters. The number of nitrogens with zero attached hydrogens (tertiary/aromatic N) is 1. The molecular weight excluding hydrogens is 174 g/mol. The van der Waals surface area contributed by atoms with E-state index in [4.69, 9.17) is 9.63 Å². The van der Waals surface area contributed by atoms with E-state index in [2.05, 4.69) is 5.16 Å². The molecule has 0 bridgehead atoms. The van der Waals surface area contributed by atoms with Crippen molar-refractivity contribution in [3.05, 3.63) is 17.5 Å². The third kappa shape index (κ3) is 2.06. The van der Waals surface area contributed by atoms with Gasteiger partial charge in [0.05, 0.1) is 5.69 Å². The highest BCUT2D eigenvalue weighted by Gasteiger charge is 2.25. The van der Waals surface area contributed by atoms with Crippen molar-refractivity contribution < 1.29 is 19.5 Å². The Balaban J connectivity index is 2.78. The summed E-state index contributed by atoms with van der Waals surface area (Å²) >= 11 is 0. The number of aliphatic carboxylic acids is 1. The van der Waals surface area contributed by atoms with Crippen LogP contribution in [0.5, 0.6) is 0 Å². The fourth-order valence-corrected chi connectivity index (χ4v) is 0.976. The van der Waals surface area contributed by atoms with Crippen molar-refractivity contribution in [1.29, 1.82) is 0 Å². The Kier molecular flexibility index (Phi) is 2.67. The van der Waals surface area contributed by atoms with Crippen molar-refractivity contribution in [2.75, 3.05) is 0 Å². The summed E-state index contributed by atoms with van der Waals surface area (Å²) in [7, 11) is 0. The molecule has 2 N–H and O–H groups in total. The van der Waals surface area contributed by atoms with Gasteiger partial charge < -0.3 is 14.7 Å². The summed E-state index contributed by atoms with van der Waals surface area (Å²) in [5.74, 6) is -1.22. The summed E-state index contributed by atoms with van der Waals surface area (Å²) < 4.78 is 4.76. The topological polar surface area (TPSA) is 83.6 Å². The summed E-state index contributed by atoms with van der Waals surface area (Å²) in [6, 6.07) is 1.61. The Morgan fingerprint density at radius 2 is 2.31 bits per heavy atom. The molecule has 0 aliphatic heterocycles. The van der Waals surface area contributed by atoms with E-state index in [9.17, 15) is 9.90 Å². The number of aromatic nitrogens is 1. The SMILES string of the molecule is Cc1cc(C(C)C(O)C(=O)O)no1. The molecule has 1 rings (SSSR count). The summed E-state index contributed by atoms with van der Waals surface area (Å²) in [6.07, 6.45) is -1.44. The summed E-state index contributed by atoms with van der Waals surface area (Å²) in [4.78, 5) is 10.4. The fraction of sp³-hybridized carbons (Fsp3) is 0.500. The predicted octanol–water partition coefficient (Wildman–Crippen LogP) is 0.532. The fourth-order valence-electron chi connectivity index (χ4n) is 0.976. The molecule has 0 aromatic carbocycles. The Morgan fingerprint density at radius 3 is 2.69 bits per heavy atom. The molecule has 0 amide bonds. The van der Waals surface area contributed by atoms with Crippen LogP contribution in [0, 0.1) is 6.92 Å². The van der Waals surface area contributed by atoms with Crippen LogP contribution in [-0.4, -0.2) is 27.4 Å². The number of hydrogen-bond donors (Lipinski definition) is 2. The van der Waals surface area contributed by atoms with Gasteiger partial charge in [0.2, 0.25) is 0 Å². The van der Waals surface area contributed by atoms with E-state index in [0.29, 0.717) is 11.5 Å². The van der Waals surface area contributed by atoms with Gasteiger partial charge in [-0.2, -0.15) is 0 Å². The number of carboxylic acid groups (broad SMARTS) is 1. The van der Waals surface area contributed by atoms with Crippen molar-refractivity contribution in [3.8, 4) is 0 Å². The lowest BCUT2D eigenvalue weighted by atomic mass is 10.0. The molecule has 0 saturated heterocycles. The highest BCUT2D eigenvalue weighted by atomic mass is 16.5. The van der Waals surface area contributed by atoms with Gasteiger partial charge in [-0.3, -0.25) is 0 Å². The second-order valence-corrected chi connectivity index (χ2v) is 2.93. The Hall–Kier alpha value is -1.36. The lowest BCUT2D eigenvalue weighted by molar-refractivity contribution is -0.147. The molecule has 5 heteroatoms. The van der Waals surface area contributed by atoms with Crippen molar-refractivity contribution in [3.63, 3.8) is 0 Å². The zero-order valence-electron chi connectivity index (χ0n) is 7.39. The number of carbonyl (C=O) groups is 1. The number of rotatable bonds is 3. The molecule has 72 valence electrons. The molecule has 0 spiro atoms. The maximum atomic E-state index is 10.4. The highest BCUT2D eigenvalue weighted by molar-refractivity contribution is 5.73. The van der Waals surface area contributed by atoms with Gasteiger partial charge in [-0.15, -0.1) is 0 Å². The maximum absolute atomic E-state index is 10.4. The average Bonchev–Trinajstić information content (AvgIpc) is 2.49. The van der Waals surface area contributed by atoms with Crippen LogP contribution in [0.2, 0.25) is 0 Å². The number of aryl methyl sites for hydroxylation is 1. The third-order valence-corrected chi connectivity index (χ3v) is 1.84. The normalized spacial score (nSPS) is 15.3. The van der Waals surface area contributed by atoms with Crippen molar-refractivity contribution in [2.45, 2.75) is 25.9 Å². The van der Waals surface area contributed by atoms with Gasteiger partial charge in [0.1, 0.15) is 5.76 Å². The third-order valence-electron chi connectivity index (χ3n) is 1.84. The molecular formula is C8H11NO4. The van der Waals surface area contributed by atoms with Gasteiger partial charge in [-0.05, 0) is 6.92 Å². The molecule has 2 unspecified atom stereocenters. The van der Waals surface area contributed by atoms with E-state index in [0.717, 1.165) is 0 Å². The molecule has 13 heavy (non-hydrogen) atoms. The van der Waals surface area contributed by atoms with Crippen LogP contribution in [0.15, 0.2) is 10.6 Å². The zero-order valence-corrected chi connectivity index (χ0v) is 7.39. The van der Waals surface area contributed by atoms with E-state index in [1.165, 1.54) is 0 Å². The average molecular weight is 185 g/mol. The van der Waals surface area contributed by atoms with Gasteiger partial charge in [-0.1, -0.05) is 12.1 Å². The molecule has 0 radical (unpaired) electrons. The first kappa shape index (κ1) is 9.73. The molecule has 5 nitrogen and oxygen atoms in total. The van der Waals surface area contributed by atoms with E-state index >= 15 is 0 Å². The van der Waals surface area contributed by atoms with Crippen LogP contribution < -0.4 is 0 Å². The van der Waals surface area contributed by atoms with Gasteiger partial charge in [0, 0.05) is 12.0 Å². The lowest BCUT2D eigenvalue weighted by Crippen LogP contribution is -2.25. The number of carboxylic acids is 1. The number of aliphatic hydroxyl groups is 1. The molecule has 0 fully saturated rings. The standard InChI is InChI=1S/C8H11NO4/c1-4-3-6(9-13-4)5(2)7(10)8(11)12/h3,5,7,10H,1-2H3,(H,11,12). The van der Waals surface area contributed by atoms with Gasteiger partial charge in [0.25, 0.3) is 0 Å². The van der Waals surface area contributed by atoms with E-state index in [-0.39, 0.29) is 0 Å². The first-order valence-corrected chi connectivity index (χ1v) is 3.86. The minimum absolute atomic E-state index is 0.451. The highest BCUT2D eigenvalue weighted by Crippen LogP contribution is 2.18. The minimum atomic E-state index is -1.44. The van der Waals surface area contributed by atoms with Crippen molar-refractivity contribution >= 4 is 5.97 Å². The molecule has 0 aliphatic carbocycles. The summed E-state index contributed by atoms with van der Waals surface area (Å²) in [6.45, 7) is 3.28. The van der Waals surface area contributed by atoms with Crippen LogP contribution >= 0.6 is 0 Å². The minimum Gasteiger partial charge on any atom is -0.479 e. The van der Waals surface area contributed by atoms with Gasteiger partial charge in [0.15, 0.2) is 6.10 Å². The van der Waals surface area contributed by atoms with Gasteiger partial charge >= 0.3 is 5.97 Å². The van der Waals surface area contributed by atoms with Crippen LogP contribution in [0.1, 0.15) is 24.3 Å². The monoisotopic (exact) mass is 185 g/mol. The molecule has 1 aromatic rings. The zero-order chi connectivity index (χ0) is 10.0. The lowest BCUT2D eigenvalue weighted by Gasteiger charge is -2.10. The first-order chi connectivity index (χ1) is 6.02. The maximum Gasteiger partial charge on any atom is 0.333 e. The van der Waals surface area contributed by atoms with Crippen molar-refractivity contribution in [2.24, 2.45) is 0 Å². The Labute approximate surface area is 75.0 Å². The smallest absolute Gasteiger partial charge is 0.333 e. The number of hydrogen-bond acceptors (Lipinski definition) is 4. The van der Waals surface area contributed by atoms with Crippen molar-refractivity contribution in [1.82, 2.24) is 5.16 Å². The quantitative estimate of drug-likeness (QED) is 0.717. The predicted molar refractivity (Wildman–Crippen MR) is 43.3 cm³/mol. The Morgan fingerprint density at radius 1 is 1.69 bits per heavy atom. The second kappa shape index (κ2) is 3.57. The number of aliphatic hydroxyl groups excluding tert-OH is 1. The molecule has 0 aliphatic rings. The van der Waals surface area contributed by atoms with E-state index in [1.807, 2.05) is 0 Å². The summed E-state index contributed by atoms with van der Waals surface area (Å²) in [5.41, 5.74) is 0.451. The van der Waals surface area contributed by atoms with E-state index < -0.39 is 18.0 Å². The molecule has 1 aromatic heterocycles. The second-order valence-electron chi connectivity index (χ2n) is 2.93. The van der Waals surface area contributed by atoms with Gasteiger partial charge in [-0.25, -0.2) is 4.79 Å². The first-order valence-electron chi connectivity index (χ1n) is 3.86. The van der Waals surface area contributed by atoms with Crippen LogP contribution in [0.3, 0.4) is 0 Å². The van der Waals surface area contributed by atoms with E-state index in [1.54, 1.807) is 19.9 Å². The Bertz CT molecular complexity index is 307. The molecule has 1 heterocycles. The largest absolute Gasteiger partial charge is 0.479 e.